The van der Waals surface area contributed by atoms with E-state index >= 15 is 0 Å². The van der Waals surface area contributed by atoms with Crippen LogP contribution >= 0.6 is 0 Å². The van der Waals surface area contributed by atoms with Crippen molar-refractivity contribution >= 4 is 60.8 Å². The predicted molar refractivity (Wildman–Crippen MR) is 290 cm³/mol. The van der Waals surface area contributed by atoms with Gasteiger partial charge in [0, 0.05) is 49.7 Å². The van der Waals surface area contributed by atoms with Crippen LogP contribution in [0.15, 0.2) is 271 Å². The molecule has 3 nitrogen and oxygen atoms in total. The van der Waals surface area contributed by atoms with Gasteiger partial charge in [0.25, 0.3) is 0 Å². The summed E-state index contributed by atoms with van der Waals surface area (Å²) in [5.41, 5.74) is 20.2. The quantitative estimate of drug-likeness (QED) is 0.144. The van der Waals surface area contributed by atoms with Gasteiger partial charge in [-0.25, -0.2) is 0 Å². The summed E-state index contributed by atoms with van der Waals surface area (Å²) in [4.78, 5) is 2.35. The highest BCUT2D eigenvalue weighted by molar-refractivity contribution is 6.11. The van der Waals surface area contributed by atoms with Crippen LogP contribution < -0.4 is 4.90 Å². The topological polar surface area (TPSA) is 21.3 Å². The zero-order valence-electron chi connectivity index (χ0n) is 37.7. The Morgan fingerprint density at radius 2 is 0.681 bits per heavy atom. The van der Waals surface area contributed by atoms with E-state index in [-0.39, 0.29) is 0 Å². The minimum Gasteiger partial charge on any atom is -0.455 e. The molecule has 324 valence electrons. The van der Waals surface area contributed by atoms with Gasteiger partial charge < -0.3 is 13.9 Å². The lowest BCUT2D eigenvalue weighted by Crippen LogP contribution is -2.09. The van der Waals surface area contributed by atoms with E-state index < -0.39 is 0 Å². The maximum absolute atomic E-state index is 6.43. The molecule has 11 aromatic carbocycles. The van der Waals surface area contributed by atoms with Gasteiger partial charge in [0.1, 0.15) is 11.2 Å². The van der Waals surface area contributed by atoms with E-state index in [9.17, 15) is 0 Å². The number of fused-ring (bicyclic) bond motifs is 6. The fourth-order valence-electron chi connectivity index (χ4n) is 10.3. The van der Waals surface area contributed by atoms with E-state index in [4.69, 9.17) is 4.42 Å². The Labute approximate surface area is 401 Å². The van der Waals surface area contributed by atoms with Crippen molar-refractivity contribution in [2.75, 3.05) is 4.90 Å². The molecule has 0 saturated heterocycles. The number of nitrogens with zero attached hydrogens (tertiary/aromatic N) is 2. The zero-order valence-corrected chi connectivity index (χ0v) is 37.7. The molecule has 0 aliphatic rings. The van der Waals surface area contributed by atoms with Crippen LogP contribution in [0.1, 0.15) is 0 Å². The Kier molecular flexibility index (Phi) is 9.84. The van der Waals surface area contributed by atoms with Crippen molar-refractivity contribution in [3.8, 4) is 61.3 Å². The van der Waals surface area contributed by atoms with E-state index in [1.165, 1.54) is 44.1 Å². The summed E-state index contributed by atoms with van der Waals surface area (Å²) in [6, 6.07) is 96.0. The molecule has 0 aliphatic carbocycles. The van der Waals surface area contributed by atoms with Crippen LogP contribution in [0.2, 0.25) is 0 Å². The number of furan rings is 1. The number of hydrogen-bond acceptors (Lipinski definition) is 2. The molecule has 0 spiro atoms. The molecule has 0 amide bonds. The molecule has 0 N–H and O–H groups in total. The molecule has 0 saturated carbocycles. The van der Waals surface area contributed by atoms with Crippen molar-refractivity contribution in [2.24, 2.45) is 0 Å². The first-order valence-electron chi connectivity index (χ1n) is 23.6. The van der Waals surface area contributed by atoms with Crippen molar-refractivity contribution in [3.05, 3.63) is 267 Å². The largest absolute Gasteiger partial charge is 0.455 e. The summed E-state index contributed by atoms with van der Waals surface area (Å²) in [6.07, 6.45) is 0. The van der Waals surface area contributed by atoms with E-state index in [0.717, 1.165) is 78.1 Å². The summed E-state index contributed by atoms with van der Waals surface area (Å²) in [5, 5.41) is 4.78. The Balaban J connectivity index is 0.846. The zero-order chi connectivity index (χ0) is 45.7. The third-order valence-corrected chi connectivity index (χ3v) is 13.6. The number of anilines is 3. The summed E-state index contributed by atoms with van der Waals surface area (Å²) < 4.78 is 8.85. The number of para-hydroxylation sites is 5. The van der Waals surface area contributed by atoms with Gasteiger partial charge in [-0.2, -0.15) is 0 Å². The lowest BCUT2D eigenvalue weighted by molar-refractivity contribution is 0.670. The second-order valence-corrected chi connectivity index (χ2v) is 17.7. The molecular weight excluding hydrogens is 837 g/mol. The minimum atomic E-state index is 0.906. The Morgan fingerprint density at radius 1 is 0.275 bits per heavy atom. The predicted octanol–water partition coefficient (Wildman–Crippen LogP) is 18.5. The Morgan fingerprint density at radius 3 is 1.29 bits per heavy atom. The van der Waals surface area contributed by atoms with E-state index in [0.29, 0.717) is 0 Å². The molecule has 0 aliphatic heterocycles. The molecule has 2 aromatic heterocycles. The smallest absolute Gasteiger partial charge is 0.143 e. The fourth-order valence-corrected chi connectivity index (χ4v) is 10.3. The van der Waals surface area contributed by atoms with Gasteiger partial charge in [0.05, 0.1) is 16.7 Å². The van der Waals surface area contributed by atoms with Gasteiger partial charge >= 0.3 is 0 Å². The lowest BCUT2D eigenvalue weighted by Gasteiger charge is -2.26. The average Bonchev–Trinajstić information content (AvgIpc) is 3.98. The minimum absolute atomic E-state index is 0.906. The molecule has 3 heteroatoms. The van der Waals surface area contributed by atoms with Crippen LogP contribution in [-0.4, -0.2) is 4.57 Å². The molecule has 0 unspecified atom stereocenters. The third kappa shape index (κ3) is 7.16. The third-order valence-electron chi connectivity index (χ3n) is 13.6. The Hall–Kier alpha value is -9.18. The summed E-state index contributed by atoms with van der Waals surface area (Å²) in [5.74, 6) is 0. The van der Waals surface area contributed by atoms with Crippen LogP contribution in [0.3, 0.4) is 0 Å². The first kappa shape index (κ1) is 40.1. The molecule has 69 heavy (non-hydrogen) atoms. The standard InChI is InChI=1S/C66H44N2O/c1-2-15-45(16-3-1)46-31-37-53(38-32-46)67(55-41-35-48(36-42-55)50-18-13-20-52(44-50)57-25-14-26-61-60-24-7-11-30-65(60)69-66(57)61)54-39-33-47(34-40-54)49-17-12-19-51(43-49)56-21-4-8-27-62(56)68-63-28-9-5-22-58(63)59-23-6-10-29-64(59)68/h1-44H. The second-order valence-electron chi connectivity index (χ2n) is 17.7. The Bertz CT molecular complexity index is 3940. The fraction of sp³-hybridized carbons (Fsp3) is 0. The van der Waals surface area contributed by atoms with Crippen LogP contribution in [0, 0.1) is 0 Å². The van der Waals surface area contributed by atoms with Gasteiger partial charge in [-0.15, -0.1) is 0 Å². The van der Waals surface area contributed by atoms with Crippen LogP contribution in [0.4, 0.5) is 17.1 Å². The van der Waals surface area contributed by atoms with Crippen LogP contribution in [0.25, 0.3) is 105 Å². The molecule has 13 rings (SSSR count). The van der Waals surface area contributed by atoms with Crippen molar-refractivity contribution in [3.63, 3.8) is 0 Å². The van der Waals surface area contributed by atoms with Crippen LogP contribution in [-0.2, 0) is 0 Å². The van der Waals surface area contributed by atoms with Crippen molar-refractivity contribution in [1.29, 1.82) is 0 Å². The molecule has 0 fully saturated rings. The van der Waals surface area contributed by atoms with Gasteiger partial charge in [0.15, 0.2) is 0 Å². The number of rotatable bonds is 9. The summed E-state index contributed by atoms with van der Waals surface area (Å²) in [6.45, 7) is 0. The number of hydrogen-bond donors (Lipinski definition) is 0. The van der Waals surface area contributed by atoms with E-state index in [1.54, 1.807) is 0 Å². The first-order valence-corrected chi connectivity index (χ1v) is 23.6. The second kappa shape index (κ2) is 16.9. The maximum Gasteiger partial charge on any atom is 0.143 e. The lowest BCUT2D eigenvalue weighted by atomic mass is 9.97. The SMILES string of the molecule is c1ccc(-c2ccc(N(c3ccc(-c4cccc(-c5ccccc5-n5c6ccccc6c6ccccc65)c4)cc3)c3ccc(-c4cccc(-c5cccc6c5oc5ccccc56)c4)cc3)cc2)cc1. The molecular formula is C66H44N2O. The number of aromatic nitrogens is 1. The highest BCUT2D eigenvalue weighted by Gasteiger charge is 2.18. The van der Waals surface area contributed by atoms with E-state index in [2.05, 4.69) is 264 Å². The van der Waals surface area contributed by atoms with Gasteiger partial charge in [-0.3, -0.25) is 0 Å². The highest BCUT2D eigenvalue weighted by atomic mass is 16.3. The van der Waals surface area contributed by atoms with Crippen molar-refractivity contribution in [2.45, 2.75) is 0 Å². The van der Waals surface area contributed by atoms with Crippen molar-refractivity contribution < 1.29 is 4.42 Å². The maximum atomic E-state index is 6.43. The first-order chi connectivity index (χ1) is 34.2. The molecule has 0 radical (unpaired) electrons. The normalized spacial score (nSPS) is 11.5. The number of benzene rings is 11. The van der Waals surface area contributed by atoms with Crippen LogP contribution in [0.5, 0.6) is 0 Å². The van der Waals surface area contributed by atoms with E-state index in [1.807, 2.05) is 12.1 Å². The summed E-state index contributed by atoms with van der Waals surface area (Å²) in [7, 11) is 0. The van der Waals surface area contributed by atoms with Crippen molar-refractivity contribution in [1.82, 2.24) is 4.57 Å². The van der Waals surface area contributed by atoms with Gasteiger partial charge in [-0.05, 0) is 117 Å². The van der Waals surface area contributed by atoms with Gasteiger partial charge in [0.2, 0.25) is 0 Å². The summed E-state index contributed by atoms with van der Waals surface area (Å²) >= 11 is 0. The monoisotopic (exact) mass is 880 g/mol. The molecule has 0 bridgehead atoms. The highest BCUT2D eigenvalue weighted by Crippen LogP contribution is 2.41. The molecule has 0 atom stereocenters. The van der Waals surface area contributed by atoms with Gasteiger partial charge in [-0.1, -0.05) is 194 Å². The molecule has 2 heterocycles. The molecule has 13 aromatic rings. The average molecular weight is 881 g/mol.